The summed E-state index contributed by atoms with van der Waals surface area (Å²) in [5, 5.41) is 13.0. The largest absolute Gasteiger partial charge is 0.490 e. The van der Waals surface area contributed by atoms with Gasteiger partial charge in [0.15, 0.2) is 5.78 Å². The molecule has 3 aromatic carbocycles. The molecular weight excluding hydrogens is 432 g/mol. The lowest BCUT2D eigenvalue weighted by Crippen LogP contribution is -2.12. The number of anilines is 1. The first kappa shape index (κ1) is 22.9. The number of carbonyl (C=O) groups is 2. The Balaban J connectivity index is 1.49. The van der Waals surface area contributed by atoms with E-state index in [2.05, 4.69) is 15.3 Å². The van der Waals surface area contributed by atoms with Crippen LogP contribution in [0.4, 0.5) is 5.82 Å². The van der Waals surface area contributed by atoms with Crippen molar-refractivity contribution in [3.05, 3.63) is 95.3 Å². The second kappa shape index (κ2) is 10.5. The molecule has 0 aliphatic rings. The fraction of sp³-hybridized carbons (Fsp3) is 0.154. The summed E-state index contributed by atoms with van der Waals surface area (Å²) in [7, 11) is 0. The number of ketones is 1. The number of hydrogen-bond acceptors (Lipinski definition) is 7. The molecule has 0 saturated carbocycles. The molecule has 0 radical (unpaired) electrons. The van der Waals surface area contributed by atoms with Gasteiger partial charge in [0.05, 0.1) is 23.3 Å². The number of nitrogens with zero attached hydrogens (tertiary/aromatic N) is 2. The summed E-state index contributed by atoms with van der Waals surface area (Å²) in [6.07, 6.45) is 1.61. The van der Waals surface area contributed by atoms with Crippen LogP contribution < -0.4 is 15.8 Å². The van der Waals surface area contributed by atoms with E-state index >= 15 is 0 Å². The van der Waals surface area contributed by atoms with Crippen molar-refractivity contribution < 1.29 is 19.4 Å². The van der Waals surface area contributed by atoms with Crippen molar-refractivity contribution in [1.29, 1.82) is 0 Å². The predicted octanol–water partition coefficient (Wildman–Crippen LogP) is 3.14. The van der Waals surface area contributed by atoms with E-state index < -0.39 is 5.91 Å². The Morgan fingerprint density at radius 3 is 2.53 bits per heavy atom. The Labute approximate surface area is 196 Å². The molecule has 1 aromatic heterocycles. The number of para-hydroxylation sites is 2. The van der Waals surface area contributed by atoms with Crippen molar-refractivity contribution in [2.45, 2.75) is 13.0 Å². The maximum absolute atomic E-state index is 12.9. The van der Waals surface area contributed by atoms with Crippen molar-refractivity contribution in [3.8, 4) is 5.75 Å². The van der Waals surface area contributed by atoms with Gasteiger partial charge in [-0.25, -0.2) is 9.97 Å². The Bertz CT molecular complexity index is 1340. The van der Waals surface area contributed by atoms with Gasteiger partial charge in [-0.2, -0.15) is 0 Å². The van der Waals surface area contributed by atoms with Crippen molar-refractivity contribution in [2.75, 3.05) is 18.5 Å². The quantitative estimate of drug-likeness (QED) is 0.313. The molecule has 0 aliphatic heterocycles. The number of amides is 1. The van der Waals surface area contributed by atoms with Gasteiger partial charge in [-0.05, 0) is 35.4 Å². The average Bonchev–Trinajstić information content (AvgIpc) is 2.86. The number of fused-ring (bicyclic) bond motifs is 1. The molecule has 4 aromatic rings. The summed E-state index contributed by atoms with van der Waals surface area (Å²) in [6.45, 7) is 0.471. The lowest BCUT2D eigenvalue weighted by atomic mass is 10.0. The van der Waals surface area contributed by atoms with Crippen LogP contribution in [0, 0.1) is 0 Å². The van der Waals surface area contributed by atoms with Gasteiger partial charge in [0.1, 0.15) is 24.5 Å². The molecule has 0 aliphatic carbocycles. The summed E-state index contributed by atoms with van der Waals surface area (Å²) in [5.74, 6) is 0.435. The normalized spacial score (nSPS) is 10.7. The standard InChI is InChI=1S/C26H24N4O4/c27-25(33)20-8-4-9-21-24(20)29-16-30-26(21)28-15-18-6-3-5-17(13-18)14-22(32)19-7-1-2-10-23(19)34-12-11-31/h1-10,13,16,31H,11-12,14-15H2,(H2,27,33)(H,28,29,30). The summed E-state index contributed by atoms with van der Waals surface area (Å²) >= 11 is 0. The van der Waals surface area contributed by atoms with Crippen LogP contribution in [-0.2, 0) is 13.0 Å². The molecule has 0 fully saturated rings. The van der Waals surface area contributed by atoms with Gasteiger partial charge in [0.2, 0.25) is 0 Å². The SMILES string of the molecule is NC(=O)c1cccc2c(NCc3cccc(CC(=O)c4ccccc4OCCO)c3)ncnc12. The molecule has 4 rings (SSSR count). The van der Waals surface area contributed by atoms with E-state index in [-0.39, 0.29) is 25.4 Å². The van der Waals surface area contributed by atoms with E-state index in [0.29, 0.717) is 40.1 Å². The lowest BCUT2D eigenvalue weighted by molar-refractivity contribution is 0.0983. The Morgan fingerprint density at radius 2 is 1.71 bits per heavy atom. The third-order valence-corrected chi connectivity index (χ3v) is 5.28. The number of carbonyl (C=O) groups excluding carboxylic acids is 2. The zero-order valence-corrected chi connectivity index (χ0v) is 18.4. The zero-order chi connectivity index (χ0) is 23.9. The van der Waals surface area contributed by atoms with Crippen LogP contribution in [0.5, 0.6) is 5.75 Å². The number of nitrogens with one attached hydrogen (secondary N) is 1. The number of ether oxygens (including phenoxy) is 1. The molecule has 0 atom stereocenters. The van der Waals surface area contributed by atoms with Crippen molar-refractivity contribution in [2.24, 2.45) is 5.73 Å². The Kier molecular flexibility index (Phi) is 7.10. The second-order valence-electron chi connectivity index (χ2n) is 7.63. The zero-order valence-electron chi connectivity index (χ0n) is 18.4. The first-order valence-electron chi connectivity index (χ1n) is 10.8. The molecular formula is C26H24N4O4. The van der Waals surface area contributed by atoms with Gasteiger partial charge < -0.3 is 20.9 Å². The number of rotatable bonds is 10. The molecule has 1 heterocycles. The first-order chi connectivity index (χ1) is 16.6. The third kappa shape index (κ3) is 5.19. The van der Waals surface area contributed by atoms with Crippen LogP contribution in [0.3, 0.4) is 0 Å². The van der Waals surface area contributed by atoms with Gasteiger partial charge in [0.25, 0.3) is 5.91 Å². The van der Waals surface area contributed by atoms with Crippen molar-refractivity contribution >= 4 is 28.4 Å². The van der Waals surface area contributed by atoms with Crippen LogP contribution in [0.1, 0.15) is 31.8 Å². The predicted molar refractivity (Wildman–Crippen MR) is 129 cm³/mol. The van der Waals surface area contributed by atoms with E-state index in [1.165, 1.54) is 6.33 Å². The fourth-order valence-electron chi connectivity index (χ4n) is 3.72. The molecule has 4 N–H and O–H groups in total. The highest BCUT2D eigenvalue weighted by Crippen LogP contribution is 2.23. The lowest BCUT2D eigenvalue weighted by Gasteiger charge is -2.11. The van der Waals surface area contributed by atoms with Crippen molar-refractivity contribution in [3.63, 3.8) is 0 Å². The third-order valence-electron chi connectivity index (χ3n) is 5.28. The molecule has 0 saturated heterocycles. The van der Waals surface area contributed by atoms with Gasteiger partial charge >= 0.3 is 0 Å². The minimum absolute atomic E-state index is 0.0700. The molecule has 8 nitrogen and oxygen atoms in total. The summed E-state index contributed by atoms with van der Waals surface area (Å²) in [4.78, 5) is 33.1. The smallest absolute Gasteiger partial charge is 0.250 e. The minimum Gasteiger partial charge on any atom is -0.490 e. The van der Waals surface area contributed by atoms with Crippen LogP contribution >= 0.6 is 0 Å². The number of hydrogen-bond donors (Lipinski definition) is 3. The number of Topliss-reactive ketones (excluding diaryl/α,β-unsaturated/α-hetero) is 1. The van der Waals surface area contributed by atoms with E-state index in [1.807, 2.05) is 30.3 Å². The van der Waals surface area contributed by atoms with Crippen LogP contribution in [0.2, 0.25) is 0 Å². The molecule has 172 valence electrons. The number of nitrogens with two attached hydrogens (primary N) is 1. The number of primary amides is 1. The van der Waals surface area contributed by atoms with Gasteiger partial charge in [-0.1, -0.05) is 42.5 Å². The number of aliphatic hydroxyl groups excluding tert-OH is 1. The highest BCUT2D eigenvalue weighted by Gasteiger charge is 2.14. The fourth-order valence-corrected chi connectivity index (χ4v) is 3.72. The molecule has 34 heavy (non-hydrogen) atoms. The maximum atomic E-state index is 12.9. The minimum atomic E-state index is -0.545. The first-order valence-corrected chi connectivity index (χ1v) is 10.8. The maximum Gasteiger partial charge on any atom is 0.250 e. The number of aromatic nitrogens is 2. The monoisotopic (exact) mass is 456 g/mol. The Morgan fingerprint density at radius 1 is 0.941 bits per heavy atom. The summed E-state index contributed by atoms with van der Waals surface area (Å²) in [5.41, 5.74) is 8.61. The molecule has 0 unspecified atom stereocenters. The molecule has 0 bridgehead atoms. The topological polar surface area (TPSA) is 127 Å². The Hall–Kier alpha value is -4.30. The van der Waals surface area contributed by atoms with E-state index in [1.54, 1.807) is 36.4 Å². The average molecular weight is 457 g/mol. The summed E-state index contributed by atoms with van der Waals surface area (Å²) < 4.78 is 5.49. The molecule has 1 amide bonds. The molecule has 8 heteroatoms. The van der Waals surface area contributed by atoms with Crippen LogP contribution in [-0.4, -0.2) is 40.0 Å². The van der Waals surface area contributed by atoms with E-state index in [9.17, 15) is 9.59 Å². The van der Waals surface area contributed by atoms with Gasteiger partial charge in [-0.15, -0.1) is 0 Å². The van der Waals surface area contributed by atoms with E-state index in [0.717, 1.165) is 11.1 Å². The molecule has 0 spiro atoms. The number of benzene rings is 3. The van der Waals surface area contributed by atoms with Gasteiger partial charge in [-0.3, -0.25) is 9.59 Å². The van der Waals surface area contributed by atoms with E-state index in [4.69, 9.17) is 15.6 Å². The van der Waals surface area contributed by atoms with Gasteiger partial charge in [0, 0.05) is 18.4 Å². The highest BCUT2D eigenvalue weighted by atomic mass is 16.5. The number of aliphatic hydroxyl groups is 1. The summed E-state index contributed by atoms with van der Waals surface area (Å²) in [6, 6.07) is 19.9. The van der Waals surface area contributed by atoms with Crippen molar-refractivity contribution in [1.82, 2.24) is 9.97 Å². The van der Waals surface area contributed by atoms with Crippen LogP contribution in [0.15, 0.2) is 73.1 Å². The highest BCUT2D eigenvalue weighted by molar-refractivity contribution is 6.06. The second-order valence-corrected chi connectivity index (χ2v) is 7.63. The van der Waals surface area contributed by atoms with Crippen LogP contribution in [0.25, 0.3) is 10.9 Å².